The van der Waals surface area contributed by atoms with Gasteiger partial charge in [0.2, 0.25) is 5.91 Å². The van der Waals surface area contributed by atoms with Gasteiger partial charge in [0.25, 0.3) is 5.69 Å². The highest BCUT2D eigenvalue weighted by Crippen LogP contribution is 2.25. The largest absolute Gasteiger partial charge is 0.377 e. The molecule has 9 heteroatoms. The number of nitrogens with one attached hydrogen (secondary N) is 1. The third-order valence-corrected chi connectivity index (χ3v) is 5.10. The molecule has 2 heterocycles. The zero-order valence-electron chi connectivity index (χ0n) is 14.6. The lowest BCUT2D eigenvalue weighted by molar-refractivity contribution is -0.384. The van der Waals surface area contributed by atoms with Gasteiger partial charge >= 0.3 is 0 Å². The van der Waals surface area contributed by atoms with Gasteiger partial charge < -0.3 is 10.1 Å². The normalized spacial score (nSPS) is 16.6. The summed E-state index contributed by atoms with van der Waals surface area (Å²) in [6.45, 7) is 1.99. The first-order chi connectivity index (χ1) is 13.0. The van der Waals surface area contributed by atoms with Gasteiger partial charge in [-0.15, -0.1) is 11.3 Å². The van der Waals surface area contributed by atoms with Gasteiger partial charge in [0.1, 0.15) is 11.5 Å². The Morgan fingerprint density at radius 2 is 2.30 bits per heavy atom. The number of nitro benzene ring substituents is 1. The van der Waals surface area contributed by atoms with Crippen LogP contribution in [0, 0.1) is 15.9 Å². The van der Waals surface area contributed by atoms with Crippen molar-refractivity contribution in [3.8, 4) is 0 Å². The smallest absolute Gasteiger partial charge is 0.295 e. The molecule has 1 aromatic carbocycles. The van der Waals surface area contributed by atoms with Crippen LogP contribution in [0.15, 0.2) is 35.7 Å². The number of halogens is 1. The third-order valence-electron chi connectivity index (χ3n) is 4.24. The zero-order chi connectivity index (χ0) is 19.2. The monoisotopic (exact) mass is 393 g/mol. The minimum absolute atomic E-state index is 0.0143. The van der Waals surface area contributed by atoms with E-state index in [0.717, 1.165) is 36.5 Å². The molecule has 1 amide bonds. The van der Waals surface area contributed by atoms with Crippen LogP contribution in [0.5, 0.6) is 0 Å². The molecule has 1 N–H and O–H groups in total. The summed E-state index contributed by atoms with van der Waals surface area (Å²) in [5.41, 5.74) is -0.480. The van der Waals surface area contributed by atoms with E-state index >= 15 is 0 Å². The van der Waals surface area contributed by atoms with E-state index in [1.54, 1.807) is 11.3 Å². The van der Waals surface area contributed by atoms with Crippen molar-refractivity contribution >= 4 is 28.6 Å². The molecule has 0 aliphatic carbocycles. The van der Waals surface area contributed by atoms with Crippen molar-refractivity contribution in [1.82, 2.24) is 4.90 Å². The minimum Gasteiger partial charge on any atom is -0.377 e. The zero-order valence-corrected chi connectivity index (χ0v) is 15.4. The number of ether oxygens (including phenoxy) is 1. The van der Waals surface area contributed by atoms with Crippen LogP contribution in [0.25, 0.3) is 0 Å². The van der Waals surface area contributed by atoms with Crippen molar-refractivity contribution in [1.29, 1.82) is 0 Å². The molecule has 1 fully saturated rings. The lowest BCUT2D eigenvalue weighted by atomic mass is 10.2. The van der Waals surface area contributed by atoms with Crippen LogP contribution in [0.4, 0.5) is 15.8 Å². The molecule has 144 valence electrons. The number of benzene rings is 1. The summed E-state index contributed by atoms with van der Waals surface area (Å²) in [4.78, 5) is 25.9. The van der Waals surface area contributed by atoms with Crippen LogP contribution in [-0.4, -0.2) is 41.5 Å². The quantitative estimate of drug-likeness (QED) is 0.549. The van der Waals surface area contributed by atoms with Crippen LogP contribution >= 0.6 is 11.3 Å². The van der Waals surface area contributed by atoms with Gasteiger partial charge in [0, 0.05) is 24.6 Å². The Balaban J connectivity index is 1.67. The summed E-state index contributed by atoms with van der Waals surface area (Å²) in [6.07, 6.45) is 2.04. The second kappa shape index (κ2) is 9.03. The molecule has 0 bridgehead atoms. The SMILES string of the molecule is O=C(CN(Cc1cccs1)C[C@H]1CCCO1)Nc1ccc(F)cc1[N+](=O)[O-]. The predicted molar refractivity (Wildman–Crippen MR) is 100 cm³/mol. The molecule has 0 unspecified atom stereocenters. The summed E-state index contributed by atoms with van der Waals surface area (Å²) in [5, 5.41) is 15.6. The van der Waals surface area contributed by atoms with Gasteiger partial charge in [0.15, 0.2) is 0 Å². The molecular weight excluding hydrogens is 373 g/mol. The number of nitrogens with zero attached hydrogens (tertiary/aromatic N) is 2. The Kier molecular flexibility index (Phi) is 6.49. The maximum atomic E-state index is 13.3. The summed E-state index contributed by atoms with van der Waals surface area (Å²) in [6, 6.07) is 7.03. The predicted octanol–water partition coefficient (Wildman–Crippen LogP) is 3.42. The number of thiophene rings is 1. The molecular formula is C18H20FN3O4S. The van der Waals surface area contributed by atoms with E-state index in [4.69, 9.17) is 4.74 Å². The van der Waals surface area contributed by atoms with Crippen LogP contribution in [0.2, 0.25) is 0 Å². The molecule has 1 aromatic heterocycles. The highest BCUT2D eigenvalue weighted by Gasteiger charge is 2.23. The van der Waals surface area contributed by atoms with Crippen LogP contribution in [-0.2, 0) is 16.1 Å². The number of hydrogen-bond donors (Lipinski definition) is 1. The van der Waals surface area contributed by atoms with E-state index < -0.39 is 16.4 Å². The molecule has 0 spiro atoms. The maximum absolute atomic E-state index is 13.3. The summed E-state index contributed by atoms with van der Waals surface area (Å²) < 4.78 is 18.9. The van der Waals surface area contributed by atoms with Crippen molar-refractivity contribution < 1.29 is 18.8 Å². The maximum Gasteiger partial charge on any atom is 0.295 e. The molecule has 1 atom stereocenters. The number of rotatable bonds is 8. The van der Waals surface area contributed by atoms with Gasteiger partial charge in [-0.05, 0) is 36.4 Å². The summed E-state index contributed by atoms with van der Waals surface area (Å²) in [5.74, 6) is -1.11. The van der Waals surface area contributed by atoms with Gasteiger partial charge in [0.05, 0.1) is 23.6 Å². The first-order valence-electron chi connectivity index (χ1n) is 8.61. The lowest BCUT2D eigenvalue weighted by Gasteiger charge is -2.24. The van der Waals surface area contributed by atoms with E-state index in [1.807, 2.05) is 22.4 Å². The topological polar surface area (TPSA) is 84.7 Å². The van der Waals surface area contributed by atoms with Crippen molar-refractivity contribution in [2.45, 2.75) is 25.5 Å². The van der Waals surface area contributed by atoms with Gasteiger partial charge in [-0.25, -0.2) is 4.39 Å². The van der Waals surface area contributed by atoms with Gasteiger partial charge in [-0.1, -0.05) is 6.07 Å². The Hall–Kier alpha value is -2.36. The van der Waals surface area contributed by atoms with Crippen LogP contribution < -0.4 is 5.32 Å². The van der Waals surface area contributed by atoms with E-state index in [2.05, 4.69) is 5.32 Å². The van der Waals surface area contributed by atoms with Crippen molar-refractivity contribution in [2.75, 3.05) is 25.0 Å². The van der Waals surface area contributed by atoms with E-state index in [0.29, 0.717) is 13.1 Å². The number of anilines is 1. The first-order valence-corrected chi connectivity index (χ1v) is 9.49. The Labute approximate surface area is 159 Å². The third kappa shape index (κ3) is 5.56. The molecule has 3 rings (SSSR count). The fourth-order valence-electron chi connectivity index (χ4n) is 3.04. The Morgan fingerprint density at radius 3 is 2.96 bits per heavy atom. The minimum atomic E-state index is -0.725. The van der Waals surface area contributed by atoms with E-state index in [1.165, 1.54) is 6.07 Å². The molecule has 27 heavy (non-hydrogen) atoms. The summed E-state index contributed by atoms with van der Waals surface area (Å²) in [7, 11) is 0. The standard InChI is InChI=1S/C18H20FN3O4S/c19-13-5-6-16(17(9-13)22(24)25)20-18(23)12-21(10-14-3-1-7-26-14)11-15-4-2-8-27-15/h2,4-6,8-9,14H,1,3,7,10-12H2,(H,20,23)/t14-/m1/s1. The molecule has 2 aromatic rings. The first kappa shape index (κ1) is 19.4. The van der Waals surface area contributed by atoms with Crippen molar-refractivity contribution in [3.05, 3.63) is 56.5 Å². The molecule has 0 saturated carbocycles. The second-order valence-corrected chi connectivity index (χ2v) is 7.38. The number of carbonyl (C=O) groups excluding carboxylic acids is 1. The Bertz CT molecular complexity index is 794. The highest BCUT2D eigenvalue weighted by atomic mass is 32.1. The average molecular weight is 393 g/mol. The van der Waals surface area contributed by atoms with Crippen LogP contribution in [0.1, 0.15) is 17.7 Å². The lowest BCUT2D eigenvalue weighted by Crippen LogP contribution is -2.37. The average Bonchev–Trinajstić information content (AvgIpc) is 3.30. The van der Waals surface area contributed by atoms with Gasteiger partial charge in [-0.3, -0.25) is 19.8 Å². The number of carbonyl (C=O) groups is 1. The fraction of sp³-hybridized carbons (Fsp3) is 0.389. The molecule has 1 saturated heterocycles. The van der Waals surface area contributed by atoms with E-state index in [9.17, 15) is 19.3 Å². The van der Waals surface area contributed by atoms with Crippen molar-refractivity contribution in [2.24, 2.45) is 0 Å². The van der Waals surface area contributed by atoms with Gasteiger partial charge in [-0.2, -0.15) is 0 Å². The van der Waals surface area contributed by atoms with Crippen molar-refractivity contribution in [3.63, 3.8) is 0 Å². The molecule has 7 nitrogen and oxygen atoms in total. The molecule has 1 aliphatic rings. The molecule has 0 radical (unpaired) electrons. The number of amides is 1. The second-order valence-electron chi connectivity index (χ2n) is 6.35. The fourth-order valence-corrected chi connectivity index (χ4v) is 3.78. The summed E-state index contributed by atoms with van der Waals surface area (Å²) >= 11 is 1.60. The highest BCUT2D eigenvalue weighted by molar-refractivity contribution is 7.09. The number of nitro groups is 1. The van der Waals surface area contributed by atoms with Crippen LogP contribution in [0.3, 0.4) is 0 Å². The van der Waals surface area contributed by atoms with E-state index in [-0.39, 0.29) is 24.2 Å². The Morgan fingerprint density at radius 1 is 1.44 bits per heavy atom. The number of hydrogen-bond acceptors (Lipinski definition) is 6. The molecule has 1 aliphatic heterocycles.